The number of benzene rings is 2. The molecule has 2 aromatic carbocycles. The minimum atomic E-state index is -4.17. The third-order valence-electron chi connectivity index (χ3n) is 3.34. The first-order valence-electron chi connectivity index (χ1n) is 7.52. The van der Waals surface area contributed by atoms with Crippen LogP contribution in [-0.4, -0.2) is 26.8 Å². The smallest absolute Gasteiger partial charge is 0.264 e. The van der Waals surface area contributed by atoms with Gasteiger partial charge in [-0.25, -0.2) is 21.9 Å². The lowest BCUT2D eigenvalue weighted by Crippen LogP contribution is -2.34. The predicted molar refractivity (Wildman–Crippen MR) is 89.8 cm³/mol. The summed E-state index contributed by atoms with van der Waals surface area (Å²) in [6, 6.07) is 9.28. The van der Waals surface area contributed by atoms with Crippen LogP contribution in [0.5, 0.6) is 0 Å². The maximum absolute atomic E-state index is 13.5. The van der Waals surface area contributed by atoms with E-state index in [1.807, 2.05) is 0 Å². The molecule has 10 heteroatoms. The van der Waals surface area contributed by atoms with Crippen molar-refractivity contribution in [2.45, 2.75) is 11.3 Å². The lowest BCUT2D eigenvalue weighted by molar-refractivity contribution is -0.119. The summed E-state index contributed by atoms with van der Waals surface area (Å²) >= 11 is 0. The Morgan fingerprint density at radius 3 is 2.52 bits per heavy atom. The molecule has 0 spiro atoms. The van der Waals surface area contributed by atoms with Crippen LogP contribution in [0.2, 0.25) is 0 Å². The van der Waals surface area contributed by atoms with Crippen molar-refractivity contribution in [1.82, 2.24) is 10.0 Å². The van der Waals surface area contributed by atoms with Gasteiger partial charge in [0.25, 0.3) is 15.9 Å². The second kappa shape index (κ2) is 8.37. The molecule has 0 saturated carbocycles. The summed E-state index contributed by atoms with van der Waals surface area (Å²) in [4.78, 5) is 23.3. The first-order valence-corrected chi connectivity index (χ1v) is 9.00. The molecule has 2 amide bonds. The van der Waals surface area contributed by atoms with Crippen LogP contribution in [0.4, 0.5) is 8.78 Å². The van der Waals surface area contributed by atoms with Gasteiger partial charge in [-0.1, -0.05) is 6.07 Å². The van der Waals surface area contributed by atoms with Gasteiger partial charge < -0.3 is 5.32 Å². The van der Waals surface area contributed by atoms with Gasteiger partial charge in [0.05, 0.1) is 22.1 Å². The second-order valence-electron chi connectivity index (χ2n) is 5.30. The Hall–Kier alpha value is -3.32. The lowest BCUT2D eigenvalue weighted by Gasteiger charge is -2.08. The fourth-order valence-electron chi connectivity index (χ4n) is 2.05. The van der Waals surface area contributed by atoms with E-state index in [1.54, 1.807) is 10.8 Å². The van der Waals surface area contributed by atoms with Gasteiger partial charge in [-0.15, -0.1) is 0 Å². The van der Waals surface area contributed by atoms with Crippen LogP contribution < -0.4 is 10.0 Å². The van der Waals surface area contributed by atoms with Crippen LogP contribution in [0.1, 0.15) is 22.3 Å². The summed E-state index contributed by atoms with van der Waals surface area (Å²) in [6.45, 7) is -0.269. The fraction of sp³-hybridized carbons (Fsp3) is 0.118. The van der Waals surface area contributed by atoms with Gasteiger partial charge in [-0.05, 0) is 30.3 Å². The summed E-state index contributed by atoms with van der Waals surface area (Å²) < 4.78 is 52.3. The summed E-state index contributed by atoms with van der Waals surface area (Å²) in [7, 11) is -4.17. The van der Waals surface area contributed by atoms with Crippen LogP contribution in [0, 0.1) is 23.0 Å². The number of carbonyl (C=O) groups excluding carboxylic acids is 2. The van der Waals surface area contributed by atoms with Crippen molar-refractivity contribution >= 4 is 21.8 Å². The number of carbonyl (C=O) groups is 2. The number of hydrogen-bond acceptors (Lipinski definition) is 5. The number of hydrogen-bond donors (Lipinski definition) is 2. The highest BCUT2D eigenvalue weighted by Gasteiger charge is 2.18. The SMILES string of the molecule is N#Cc1cccc(S(=O)(=O)NC(=O)CCNC(=O)c2ccc(F)cc2F)c1. The molecule has 7 nitrogen and oxygen atoms in total. The molecule has 2 rings (SSSR count). The Kier molecular flexibility index (Phi) is 6.20. The fourth-order valence-corrected chi connectivity index (χ4v) is 3.11. The van der Waals surface area contributed by atoms with Crippen LogP contribution in [-0.2, 0) is 14.8 Å². The van der Waals surface area contributed by atoms with E-state index >= 15 is 0 Å². The van der Waals surface area contributed by atoms with Gasteiger partial charge in [0.1, 0.15) is 11.6 Å². The zero-order valence-electron chi connectivity index (χ0n) is 13.7. The van der Waals surface area contributed by atoms with E-state index in [1.165, 1.54) is 18.2 Å². The van der Waals surface area contributed by atoms with Gasteiger partial charge in [0.15, 0.2) is 0 Å². The summed E-state index contributed by atoms with van der Waals surface area (Å²) in [6.07, 6.45) is -0.397. The molecule has 0 unspecified atom stereocenters. The Morgan fingerprint density at radius 2 is 1.85 bits per heavy atom. The maximum atomic E-state index is 13.5. The van der Waals surface area contributed by atoms with Crippen molar-refractivity contribution in [2.24, 2.45) is 0 Å². The highest BCUT2D eigenvalue weighted by molar-refractivity contribution is 7.90. The summed E-state index contributed by atoms with van der Waals surface area (Å²) in [5.74, 6) is -3.67. The number of halogens is 2. The molecule has 0 bridgehead atoms. The zero-order valence-corrected chi connectivity index (χ0v) is 14.5. The summed E-state index contributed by atoms with van der Waals surface area (Å²) in [5.41, 5.74) is -0.295. The van der Waals surface area contributed by atoms with Crippen LogP contribution in [0.3, 0.4) is 0 Å². The molecular formula is C17H13F2N3O4S. The van der Waals surface area contributed by atoms with E-state index in [2.05, 4.69) is 5.32 Å². The minimum absolute atomic E-state index is 0.110. The second-order valence-corrected chi connectivity index (χ2v) is 6.98. The van der Waals surface area contributed by atoms with Gasteiger partial charge >= 0.3 is 0 Å². The first-order chi connectivity index (χ1) is 12.7. The minimum Gasteiger partial charge on any atom is -0.351 e. The standard InChI is InChI=1S/C17H13F2N3O4S/c18-12-4-5-14(15(19)9-12)17(24)21-7-6-16(23)22-27(25,26)13-3-1-2-11(8-13)10-20/h1-5,8-9H,6-7H2,(H,21,24)(H,22,23). The molecule has 2 aromatic rings. The highest BCUT2D eigenvalue weighted by Crippen LogP contribution is 2.11. The molecule has 0 saturated heterocycles. The molecule has 0 fully saturated rings. The Labute approximate surface area is 153 Å². The van der Waals surface area contributed by atoms with Crippen molar-refractivity contribution in [3.63, 3.8) is 0 Å². The number of rotatable bonds is 6. The van der Waals surface area contributed by atoms with Crippen molar-refractivity contribution in [1.29, 1.82) is 5.26 Å². The van der Waals surface area contributed by atoms with E-state index in [-0.39, 0.29) is 17.0 Å². The average molecular weight is 393 g/mol. The molecule has 2 N–H and O–H groups in total. The van der Waals surface area contributed by atoms with Crippen LogP contribution in [0.15, 0.2) is 47.4 Å². The third kappa shape index (κ3) is 5.32. The van der Waals surface area contributed by atoms with E-state index in [0.29, 0.717) is 6.07 Å². The molecule has 0 aromatic heterocycles. The van der Waals surface area contributed by atoms with E-state index < -0.39 is 45.5 Å². The number of sulfonamides is 1. The molecule has 0 atom stereocenters. The van der Waals surface area contributed by atoms with E-state index in [9.17, 15) is 26.8 Å². The van der Waals surface area contributed by atoms with Gasteiger partial charge in [0.2, 0.25) is 5.91 Å². The number of nitriles is 1. The number of nitrogens with zero attached hydrogens (tertiary/aromatic N) is 1. The molecule has 0 aliphatic heterocycles. The van der Waals surface area contributed by atoms with Crippen molar-refractivity contribution in [3.05, 3.63) is 65.2 Å². The molecule has 27 heavy (non-hydrogen) atoms. The monoisotopic (exact) mass is 393 g/mol. The lowest BCUT2D eigenvalue weighted by atomic mass is 10.2. The van der Waals surface area contributed by atoms with Gasteiger partial charge in [0, 0.05) is 19.0 Å². The normalized spacial score (nSPS) is 10.7. The van der Waals surface area contributed by atoms with Crippen molar-refractivity contribution in [3.8, 4) is 6.07 Å². The molecule has 0 aliphatic carbocycles. The van der Waals surface area contributed by atoms with Crippen LogP contribution in [0.25, 0.3) is 0 Å². The van der Waals surface area contributed by atoms with E-state index in [0.717, 1.165) is 18.2 Å². The van der Waals surface area contributed by atoms with Crippen molar-refractivity contribution < 1.29 is 26.8 Å². The largest absolute Gasteiger partial charge is 0.351 e. The Balaban J connectivity index is 1.92. The maximum Gasteiger partial charge on any atom is 0.264 e. The molecule has 0 radical (unpaired) electrons. The van der Waals surface area contributed by atoms with Gasteiger partial charge in [-0.2, -0.15) is 5.26 Å². The predicted octanol–water partition coefficient (Wildman–Crippen LogP) is 1.46. The zero-order chi connectivity index (χ0) is 20.0. The quantitative estimate of drug-likeness (QED) is 0.771. The average Bonchev–Trinajstić information content (AvgIpc) is 2.61. The van der Waals surface area contributed by atoms with Gasteiger partial charge in [-0.3, -0.25) is 9.59 Å². The summed E-state index contributed by atoms with van der Waals surface area (Å²) in [5, 5.41) is 11.0. The Morgan fingerprint density at radius 1 is 1.11 bits per heavy atom. The molecule has 0 aliphatic rings. The molecule has 0 heterocycles. The Bertz CT molecular complexity index is 1030. The van der Waals surface area contributed by atoms with E-state index in [4.69, 9.17) is 5.26 Å². The number of amides is 2. The molecular weight excluding hydrogens is 380 g/mol. The third-order valence-corrected chi connectivity index (χ3v) is 4.71. The first kappa shape index (κ1) is 20.0. The molecule has 140 valence electrons. The topological polar surface area (TPSA) is 116 Å². The highest BCUT2D eigenvalue weighted by atomic mass is 32.2. The number of nitrogens with one attached hydrogen (secondary N) is 2. The van der Waals surface area contributed by atoms with Crippen molar-refractivity contribution in [2.75, 3.05) is 6.54 Å². The van der Waals surface area contributed by atoms with Crippen LogP contribution >= 0.6 is 0 Å².